The van der Waals surface area contributed by atoms with E-state index in [1.54, 1.807) is 23.0 Å². The summed E-state index contributed by atoms with van der Waals surface area (Å²) in [5.41, 5.74) is 0. The SMILES string of the molecule is O=C(O)C=NNS(=O)(=O)c1ccccc1. The number of nitrogens with one attached hydrogen (secondary N) is 1. The molecule has 80 valence electrons. The summed E-state index contributed by atoms with van der Waals surface area (Å²) < 4.78 is 22.8. The van der Waals surface area contributed by atoms with E-state index in [0.717, 1.165) is 0 Å². The van der Waals surface area contributed by atoms with Crippen molar-refractivity contribution in [3.63, 3.8) is 0 Å². The second-order valence-corrected chi connectivity index (χ2v) is 4.17. The minimum Gasteiger partial charge on any atom is -0.477 e. The average molecular weight is 228 g/mol. The maximum absolute atomic E-state index is 11.4. The molecule has 0 heterocycles. The van der Waals surface area contributed by atoms with Gasteiger partial charge in [-0.05, 0) is 12.1 Å². The second-order valence-electron chi connectivity index (χ2n) is 2.50. The van der Waals surface area contributed by atoms with Gasteiger partial charge in [-0.15, -0.1) is 0 Å². The summed E-state index contributed by atoms with van der Waals surface area (Å²) in [6.45, 7) is 0. The summed E-state index contributed by atoms with van der Waals surface area (Å²) in [6.07, 6.45) is 0.459. The zero-order valence-corrected chi connectivity index (χ0v) is 8.31. The van der Waals surface area contributed by atoms with Gasteiger partial charge in [-0.1, -0.05) is 18.2 Å². The Morgan fingerprint density at radius 3 is 2.47 bits per heavy atom. The van der Waals surface area contributed by atoms with E-state index >= 15 is 0 Å². The molecule has 0 saturated carbocycles. The number of aliphatic carboxylic acids is 1. The fraction of sp³-hybridized carbons (Fsp3) is 0. The lowest BCUT2D eigenvalue weighted by atomic mass is 10.4. The number of benzene rings is 1. The molecule has 0 radical (unpaired) electrons. The lowest BCUT2D eigenvalue weighted by Crippen LogP contribution is -2.19. The molecular formula is C8H8N2O4S. The highest BCUT2D eigenvalue weighted by Crippen LogP contribution is 2.06. The lowest BCUT2D eigenvalue weighted by Gasteiger charge is -2.01. The molecule has 0 bridgehead atoms. The highest BCUT2D eigenvalue weighted by atomic mass is 32.2. The van der Waals surface area contributed by atoms with Crippen LogP contribution in [-0.4, -0.2) is 25.7 Å². The minimum absolute atomic E-state index is 0.0209. The smallest absolute Gasteiger partial charge is 0.348 e. The van der Waals surface area contributed by atoms with Gasteiger partial charge in [-0.2, -0.15) is 18.4 Å². The van der Waals surface area contributed by atoms with Gasteiger partial charge in [0.05, 0.1) is 4.90 Å². The molecule has 0 saturated heterocycles. The highest BCUT2D eigenvalue weighted by Gasteiger charge is 2.10. The number of hydrogen-bond acceptors (Lipinski definition) is 4. The van der Waals surface area contributed by atoms with Gasteiger partial charge in [-0.25, -0.2) is 4.79 Å². The van der Waals surface area contributed by atoms with Crippen molar-refractivity contribution < 1.29 is 18.3 Å². The fourth-order valence-electron chi connectivity index (χ4n) is 0.803. The Labute approximate surface area is 86.3 Å². The maximum atomic E-state index is 11.4. The summed E-state index contributed by atoms with van der Waals surface area (Å²) in [6, 6.07) is 7.52. The Hall–Kier alpha value is -1.89. The zero-order chi connectivity index (χ0) is 11.3. The molecule has 0 aliphatic heterocycles. The third-order valence-corrected chi connectivity index (χ3v) is 2.64. The summed E-state index contributed by atoms with van der Waals surface area (Å²) >= 11 is 0. The van der Waals surface area contributed by atoms with Crippen LogP contribution in [0.4, 0.5) is 0 Å². The Kier molecular flexibility index (Phi) is 3.40. The van der Waals surface area contributed by atoms with E-state index in [1.165, 1.54) is 12.1 Å². The van der Waals surface area contributed by atoms with Crippen molar-refractivity contribution in [1.82, 2.24) is 4.83 Å². The molecule has 15 heavy (non-hydrogen) atoms. The van der Waals surface area contributed by atoms with Gasteiger partial charge < -0.3 is 5.11 Å². The predicted molar refractivity (Wildman–Crippen MR) is 52.9 cm³/mol. The number of sulfonamides is 1. The van der Waals surface area contributed by atoms with E-state index in [9.17, 15) is 13.2 Å². The quantitative estimate of drug-likeness (QED) is 0.561. The highest BCUT2D eigenvalue weighted by molar-refractivity contribution is 7.89. The number of carboxylic acids is 1. The molecule has 1 rings (SSSR count). The second kappa shape index (κ2) is 4.56. The molecule has 0 unspecified atom stereocenters. The van der Waals surface area contributed by atoms with Crippen LogP contribution in [0.25, 0.3) is 0 Å². The van der Waals surface area contributed by atoms with Crippen molar-refractivity contribution in [2.24, 2.45) is 5.10 Å². The molecule has 0 spiro atoms. The van der Waals surface area contributed by atoms with Crippen molar-refractivity contribution in [2.45, 2.75) is 4.90 Å². The molecule has 0 aromatic heterocycles. The third-order valence-electron chi connectivity index (χ3n) is 1.40. The number of hydrazone groups is 1. The van der Waals surface area contributed by atoms with Crippen molar-refractivity contribution in [2.75, 3.05) is 0 Å². The molecule has 0 aliphatic carbocycles. The number of nitrogens with zero attached hydrogens (tertiary/aromatic N) is 1. The topological polar surface area (TPSA) is 95.8 Å². The number of carboxylic acid groups (broad SMARTS) is 1. The van der Waals surface area contributed by atoms with Crippen LogP contribution in [0, 0.1) is 0 Å². The van der Waals surface area contributed by atoms with Crippen molar-refractivity contribution in [3.05, 3.63) is 30.3 Å². The van der Waals surface area contributed by atoms with Crippen molar-refractivity contribution in [1.29, 1.82) is 0 Å². The van der Waals surface area contributed by atoms with E-state index in [4.69, 9.17) is 5.11 Å². The van der Waals surface area contributed by atoms with Crippen LogP contribution in [-0.2, 0) is 14.8 Å². The van der Waals surface area contributed by atoms with Gasteiger partial charge in [0.15, 0.2) is 0 Å². The fourth-order valence-corrected chi connectivity index (χ4v) is 1.62. The van der Waals surface area contributed by atoms with Crippen LogP contribution in [0.15, 0.2) is 40.3 Å². The zero-order valence-electron chi connectivity index (χ0n) is 7.49. The number of hydrogen-bond donors (Lipinski definition) is 2. The summed E-state index contributed by atoms with van der Waals surface area (Å²) in [4.78, 5) is 11.8. The van der Waals surface area contributed by atoms with Crippen LogP contribution in [0.2, 0.25) is 0 Å². The molecular weight excluding hydrogens is 220 g/mol. The Bertz CT molecular complexity index is 467. The Morgan fingerprint density at radius 2 is 1.93 bits per heavy atom. The van der Waals surface area contributed by atoms with Gasteiger partial charge in [0.1, 0.15) is 6.21 Å². The van der Waals surface area contributed by atoms with Crippen LogP contribution in [0.5, 0.6) is 0 Å². The number of carbonyl (C=O) groups is 1. The Morgan fingerprint density at radius 1 is 1.33 bits per heavy atom. The molecule has 2 N–H and O–H groups in total. The van der Waals surface area contributed by atoms with Crippen LogP contribution >= 0.6 is 0 Å². The van der Waals surface area contributed by atoms with Gasteiger partial charge in [-0.3, -0.25) is 0 Å². The normalized spacial score (nSPS) is 11.5. The van der Waals surface area contributed by atoms with E-state index in [-0.39, 0.29) is 4.90 Å². The standard InChI is InChI=1S/C8H8N2O4S/c11-8(12)6-9-10-15(13,14)7-4-2-1-3-5-7/h1-6,10H,(H,11,12). The van der Waals surface area contributed by atoms with Crippen molar-refractivity contribution in [3.8, 4) is 0 Å². The van der Waals surface area contributed by atoms with Crippen LogP contribution in [0.3, 0.4) is 0 Å². The molecule has 1 aromatic carbocycles. The number of rotatable bonds is 4. The monoisotopic (exact) mass is 228 g/mol. The summed E-state index contributed by atoms with van der Waals surface area (Å²) in [5.74, 6) is -1.33. The first-order valence-corrected chi connectivity index (χ1v) is 5.33. The molecule has 1 aromatic rings. The van der Waals surface area contributed by atoms with E-state index in [2.05, 4.69) is 5.10 Å². The van der Waals surface area contributed by atoms with E-state index in [1.807, 2.05) is 0 Å². The average Bonchev–Trinajstić information content (AvgIpc) is 2.18. The first-order valence-electron chi connectivity index (χ1n) is 3.85. The predicted octanol–water partition coefficient (Wildman–Crippen LogP) is 0.0353. The lowest BCUT2D eigenvalue weighted by molar-refractivity contribution is -0.128. The molecule has 6 nitrogen and oxygen atoms in total. The summed E-state index contributed by atoms with van der Waals surface area (Å²) in [7, 11) is -3.77. The van der Waals surface area contributed by atoms with Crippen LogP contribution < -0.4 is 4.83 Å². The summed E-state index contributed by atoms with van der Waals surface area (Å²) in [5, 5.41) is 11.3. The minimum atomic E-state index is -3.77. The first kappa shape index (κ1) is 11.2. The molecule has 0 aliphatic rings. The maximum Gasteiger partial charge on any atom is 0.348 e. The molecule has 7 heteroatoms. The molecule has 0 atom stereocenters. The Balaban J connectivity index is 2.82. The van der Waals surface area contributed by atoms with Gasteiger partial charge in [0.25, 0.3) is 10.0 Å². The van der Waals surface area contributed by atoms with E-state index in [0.29, 0.717) is 6.21 Å². The van der Waals surface area contributed by atoms with Crippen LogP contribution in [0.1, 0.15) is 0 Å². The third kappa shape index (κ3) is 3.39. The van der Waals surface area contributed by atoms with E-state index < -0.39 is 16.0 Å². The van der Waals surface area contributed by atoms with Gasteiger partial charge >= 0.3 is 5.97 Å². The molecule has 0 fully saturated rings. The van der Waals surface area contributed by atoms with Gasteiger partial charge in [0.2, 0.25) is 0 Å². The molecule has 0 amide bonds. The largest absolute Gasteiger partial charge is 0.477 e. The first-order chi connectivity index (χ1) is 7.02. The van der Waals surface area contributed by atoms with Crippen molar-refractivity contribution >= 4 is 22.2 Å². The van der Waals surface area contributed by atoms with Gasteiger partial charge in [0, 0.05) is 0 Å².